The van der Waals surface area contributed by atoms with Gasteiger partial charge >= 0.3 is 0 Å². The van der Waals surface area contributed by atoms with Crippen LogP contribution in [0.2, 0.25) is 0 Å². The molecule has 0 fully saturated rings. The average Bonchev–Trinajstić information content (AvgIpc) is 3.30. The van der Waals surface area contributed by atoms with E-state index in [1.165, 1.54) is 47.7 Å². The van der Waals surface area contributed by atoms with E-state index in [-0.39, 0.29) is 31.9 Å². The van der Waals surface area contributed by atoms with Gasteiger partial charge in [0, 0.05) is 19.5 Å². The van der Waals surface area contributed by atoms with Crippen LogP contribution in [0.5, 0.6) is 0 Å². The zero-order chi connectivity index (χ0) is 38.7. The van der Waals surface area contributed by atoms with Gasteiger partial charge in [-0.15, -0.1) is 12.4 Å². The Labute approximate surface area is 373 Å². The maximum Gasteiger partial charge on any atom is 0 e. The van der Waals surface area contributed by atoms with Crippen LogP contribution in [0.1, 0.15) is 0 Å². The first-order chi connectivity index (χ1) is 28.3. The molecule has 0 bridgehead atoms. The van der Waals surface area contributed by atoms with Crippen LogP contribution < -0.4 is 47.7 Å². The molecule has 0 aliphatic carbocycles. The topological polar surface area (TPSA) is 0 Å². The van der Waals surface area contributed by atoms with Gasteiger partial charge in [0.25, 0.3) is 0 Å². The normalized spacial score (nSPS) is 10.2. The second-order valence-electron chi connectivity index (χ2n) is 13.0. The van der Waals surface area contributed by atoms with Gasteiger partial charge in [-0.2, -0.15) is 0 Å². The molecule has 0 unspecified atom stereocenters. The summed E-state index contributed by atoms with van der Waals surface area (Å²) in [7, 11) is -1.34. The number of benzene rings is 9. The summed E-state index contributed by atoms with van der Waals surface area (Å²) in [6.45, 7) is 0. The van der Waals surface area contributed by atoms with E-state index in [1.54, 1.807) is 0 Å². The summed E-state index contributed by atoms with van der Waals surface area (Å²) < 4.78 is 0. The molecule has 0 N–H and O–H groups in total. The molecule has 292 valence electrons. The third-order valence-corrected chi connectivity index (χ3v) is 16.5. The molecule has 0 aliphatic rings. The van der Waals surface area contributed by atoms with Gasteiger partial charge in [0.2, 0.25) is 0 Å². The minimum Gasteiger partial charge on any atom is -0.147 e. The molecule has 0 nitrogen and oxygen atoms in total. The molecule has 9 rings (SSSR count). The quantitative estimate of drug-likeness (QED) is 0.1000. The van der Waals surface area contributed by atoms with E-state index >= 15 is 0 Å². The van der Waals surface area contributed by atoms with Gasteiger partial charge in [0.15, 0.2) is 0 Å². The minimum absolute atomic E-state index is 0. The molecule has 0 radical (unpaired) electrons. The Balaban J connectivity index is 0.000000165. The van der Waals surface area contributed by atoms with Gasteiger partial charge in [-0.05, 0) is 71.5 Å². The molecule has 59 heavy (non-hydrogen) atoms. The Morgan fingerprint density at radius 1 is 0.153 bits per heavy atom. The van der Waals surface area contributed by atoms with E-state index in [0.29, 0.717) is 0 Å². The fourth-order valence-electron chi connectivity index (χ4n) is 6.54. The fraction of sp³-hybridized carbons (Fsp3) is 0. The molecule has 0 aliphatic heterocycles. The van der Waals surface area contributed by atoms with E-state index < -0.39 is 23.8 Å². The molecular weight excluding hydrogens is 878 g/mol. The molecule has 0 spiro atoms. The van der Waals surface area contributed by atoms with Crippen molar-refractivity contribution in [1.82, 2.24) is 0 Å². The Hall–Kier alpha value is -4.82. The van der Waals surface area contributed by atoms with Gasteiger partial charge in [0.05, 0.1) is 0 Å². The van der Waals surface area contributed by atoms with Crippen LogP contribution in [0, 0.1) is 0 Å². The summed E-state index contributed by atoms with van der Waals surface area (Å²) in [6.07, 6.45) is 0. The summed E-state index contributed by atoms with van der Waals surface area (Å²) in [4.78, 5) is 0. The van der Waals surface area contributed by atoms with Crippen molar-refractivity contribution in [3.05, 3.63) is 273 Å². The molecule has 0 amide bonds. The van der Waals surface area contributed by atoms with E-state index in [2.05, 4.69) is 273 Å². The van der Waals surface area contributed by atoms with Crippen LogP contribution in [0.4, 0.5) is 0 Å². The second kappa shape index (κ2) is 25.0. The molecule has 9 aromatic carbocycles. The van der Waals surface area contributed by atoms with E-state index in [0.717, 1.165) is 0 Å². The SMILES string of the molecule is Cl.[Ru].c1ccc(P(c2ccccc2)c2ccccc2)cc1.c1ccc(P(c2ccccc2)c2ccccc2)cc1.c1ccc(P(c2ccccc2)c2ccccc2)cc1. The Morgan fingerprint density at radius 2 is 0.237 bits per heavy atom. The van der Waals surface area contributed by atoms with Crippen LogP contribution in [-0.2, 0) is 19.5 Å². The zero-order valence-corrected chi connectivity index (χ0v) is 37.8. The molecule has 0 saturated carbocycles. The first kappa shape index (κ1) is 45.3. The molecular formula is C54H46ClP3Ru. The summed E-state index contributed by atoms with van der Waals surface area (Å²) in [5.74, 6) is 0. The maximum atomic E-state index is 2.23. The van der Waals surface area contributed by atoms with Crippen molar-refractivity contribution < 1.29 is 19.5 Å². The Morgan fingerprint density at radius 3 is 0.322 bits per heavy atom. The molecule has 5 heteroatoms. The van der Waals surface area contributed by atoms with Crippen LogP contribution >= 0.6 is 36.2 Å². The molecule has 0 saturated heterocycles. The third kappa shape index (κ3) is 13.1. The average molecular weight is 924 g/mol. The summed E-state index contributed by atoms with van der Waals surface area (Å²) in [5, 5.41) is 12.6. The zero-order valence-electron chi connectivity index (χ0n) is 32.6. The fourth-order valence-corrected chi connectivity index (χ4v) is 13.5. The van der Waals surface area contributed by atoms with Crippen molar-refractivity contribution in [3.8, 4) is 0 Å². The predicted molar refractivity (Wildman–Crippen MR) is 263 cm³/mol. The summed E-state index contributed by atoms with van der Waals surface area (Å²) in [5.41, 5.74) is 0. The molecule has 0 aromatic heterocycles. The summed E-state index contributed by atoms with van der Waals surface area (Å²) >= 11 is 0. The molecule has 0 atom stereocenters. The van der Waals surface area contributed by atoms with E-state index in [9.17, 15) is 0 Å². The monoisotopic (exact) mass is 924 g/mol. The Kier molecular flexibility index (Phi) is 19.1. The van der Waals surface area contributed by atoms with Crippen LogP contribution in [0.25, 0.3) is 0 Å². The standard InChI is InChI=1S/3C18H15P.ClH.Ru/c3*1-4-10-16(11-5-1)19(17-12-6-2-7-13-17)18-14-8-3-9-15-18;;/h3*1-15H;1H;. The third-order valence-electron chi connectivity index (χ3n) is 9.13. The summed E-state index contributed by atoms with van der Waals surface area (Å²) in [6, 6.07) is 97.0. The predicted octanol–water partition coefficient (Wildman–Crippen LogP) is 10.8. The first-order valence-electron chi connectivity index (χ1n) is 19.2. The maximum absolute atomic E-state index is 2.23. The minimum atomic E-state index is -0.446. The van der Waals surface area contributed by atoms with E-state index in [1.807, 2.05) is 0 Å². The van der Waals surface area contributed by atoms with Crippen LogP contribution in [0.3, 0.4) is 0 Å². The van der Waals surface area contributed by atoms with Gasteiger partial charge in [-0.1, -0.05) is 273 Å². The molecule has 9 aromatic rings. The van der Waals surface area contributed by atoms with E-state index in [4.69, 9.17) is 0 Å². The van der Waals surface area contributed by atoms with Crippen molar-refractivity contribution in [2.45, 2.75) is 0 Å². The van der Waals surface area contributed by atoms with Gasteiger partial charge < -0.3 is 0 Å². The van der Waals surface area contributed by atoms with Gasteiger partial charge in [-0.25, -0.2) is 0 Å². The van der Waals surface area contributed by atoms with Crippen molar-refractivity contribution in [3.63, 3.8) is 0 Å². The van der Waals surface area contributed by atoms with Crippen LogP contribution in [0.15, 0.2) is 273 Å². The smallest absolute Gasteiger partial charge is 0 e. The largest absolute Gasteiger partial charge is 0.147 e. The van der Waals surface area contributed by atoms with Crippen molar-refractivity contribution in [2.24, 2.45) is 0 Å². The van der Waals surface area contributed by atoms with Gasteiger partial charge in [0.1, 0.15) is 0 Å². The Bertz CT molecular complexity index is 1870. The van der Waals surface area contributed by atoms with Gasteiger partial charge in [-0.3, -0.25) is 0 Å². The van der Waals surface area contributed by atoms with Crippen molar-refractivity contribution >= 4 is 83.9 Å². The number of hydrogen-bond acceptors (Lipinski definition) is 0. The second-order valence-corrected chi connectivity index (χ2v) is 19.7. The number of rotatable bonds is 9. The number of halogens is 1. The van der Waals surface area contributed by atoms with Crippen LogP contribution in [-0.4, -0.2) is 0 Å². The van der Waals surface area contributed by atoms with Crippen molar-refractivity contribution in [1.29, 1.82) is 0 Å². The number of hydrogen-bond donors (Lipinski definition) is 0. The van der Waals surface area contributed by atoms with Crippen molar-refractivity contribution in [2.75, 3.05) is 0 Å². The first-order valence-corrected chi connectivity index (χ1v) is 23.2. The molecule has 0 heterocycles.